The zero-order valence-corrected chi connectivity index (χ0v) is 16.9. The molecular weight excluding hydrogens is 415 g/mol. The van der Waals surface area contributed by atoms with Crippen molar-refractivity contribution in [3.63, 3.8) is 0 Å². The fourth-order valence-corrected chi connectivity index (χ4v) is 3.32. The van der Waals surface area contributed by atoms with Crippen molar-refractivity contribution in [2.75, 3.05) is 31.1 Å². The number of halogens is 1. The van der Waals surface area contributed by atoms with Crippen LogP contribution in [0.15, 0.2) is 11.1 Å². The fourth-order valence-electron chi connectivity index (χ4n) is 3.32. The lowest BCUT2D eigenvalue weighted by molar-refractivity contribution is 0.428. The first kappa shape index (κ1) is 19.2. The molecule has 0 amide bonds. The van der Waals surface area contributed by atoms with Crippen molar-refractivity contribution in [3.05, 3.63) is 17.5 Å². The van der Waals surface area contributed by atoms with Gasteiger partial charge in [-0.25, -0.2) is 15.0 Å². The van der Waals surface area contributed by atoms with Crippen LogP contribution in [0.2, 0.25) is 0 Å². The number of hydrogen-bond acceptors (Lipinski definition) is 4. The first-order chi connectivity index (χ1) is 11.2. The van der Waals surface area contributed by atoms with Crippen LogP contribution in [0.1, 0.15) is 49.9 Å². The lowest BCUT2D eigenvalue weighted by atomic mass is 10.2. The minimum absolute atomic E-state index is 0. The summed E-state index contributed by atoms with van der Waals surface area (Å²) in [4.78, 5) is 18.3. The summed E-state index contributed by atoms with van der Waals surface area (Å²) in [5.41, 5.74) is 8.14. The third-order valence-electron chi connectivity index (χ3n) is 4.62. The predicted molar refractivity (Wildman–Crippen MR) is 109 cm³/mol. The van der Waals surface area contributed by atoms with Gasteiger partial charge in [-0.15, -0.1) is 24.0 Å². The van der Waals surface area contributed by atoms with E-state index in [1.165, 1.54) is 38.5 Å². The van der Waals surface area contributed by atoms with Crippen LogP contribution < -0.4 is 10.6 Å². The standard InChI is InChI=1S/C17H28N6.HI/c1-14-12-15(21-17(20-14)23-10-6-7-11-23)13-19-16(18)22-8-4-2-3-5-9-22;/h12H,2-11,13H2,1H3,(H2,18,19);1H. The summed E-state index contributed by atoms with van der Waals surface area (Å²) in [6.07, 6.45) is 7.48. The molecule has 0 unspecified atom stereocenters. The van der Waals surface area contributed by atoms with E-state index in [0.29, 0.717) is 12.5 Å². The highest BCUT2D eigenvalue weighted by Crippen LogP contribution is 2.17. The number of nitrogens with two attached hydrogens (primary N) is 1. The minimum atomic E-state index is 0. The van der Waals surface area contributed by atoms with E-state index < -0.39 is 0 Å². The summed E-state index contributed by atoms with van der Waals surface area (Å²) < 4.78 is 0. The average Bonchev–Trinajstić information content (AvgIpc) is 2.95. The van der Waals surface area contributed by atoms with Crippen molar-refractivity contribution >= 4 is 35.9 Å². The van der Waals surface area contributed by atoms with E-state index >= 15 is 0 Å². The van der Waals surface area contributed by atoms with Gasteiger partial charge in [0.05, 0.1) is 12.2 Å². The Morgan fingerprint density at radius 2 is 1.67 bits per heavy atom. The molecule has 134 valence electrons. The Bertz CT molecular complexity index is 548. The molecule has 0 atom stereocenters. The van der Waals surface area contributed by atoms with E-state index in [-0.39, 0.29) is 24.0 Å². The minimum Gasteiger partial charge on any atom is -0.370 e. The van der Waals surface area contributed by atoms with Crippen molar-refractivity contribution in [2.45, 2.75) is 52.0 Å². The van der Waals surface area contributed by atoms with Crippen molar-refractivity contribution < 1.29 is 0 Å². The Morgan fingerprint density at radius 1 is 1.04 bits per heavy atom. The summed E-state index contributed by atoms with van der Waals surface area (Å²) in [5.74, 6) is 1.51. The molecule has 1 aromatic heterocycles. The molecule has 0 aromatic carbocycles. The van der Waals surface area contributed by atoms with Crippen LogP contribution in [0, 0.1) is 6.92 Å². The van der Waals surface area contributed by atoms with E-state index in [4.69, 9.17) is 5.73 Å². The summed E-state index contributed by atoms with van der Waals surface area (Å²) in [6, 6.07) is 2.01. The van der Waals surface area contributed by atoms with E-state index in [2.05, 4.69) is 24.8 Å². The van der Waals surface area contributed by atoms with Crippen molar-refractivity contribution in [1.82, 2.24) is 14.9 Å². The lowest BCUT2D eigenvalue weighted by Crippen LogP contribution is -2.38. The number of nitrogens with zero attached hydrogens (tertiary/aromatic N) is 5. The van der Waals surface area contributed by atoms with E-state index in [9.17, 15) is 0 Å². The van der Waals surface area contributed by atoms with Crippen molar-refractivity contribution in [1.29, 1.82) is 0 Å². The highest BCUT2D eigenvalue weighted by molar-refractivity contribution is 14.0. The number of guanidine groups is 1. The van der Waals surface area contributed by atoms with Gasteiger partial charge in [0.2, 0.25) is 5.95 Å². The third-order valence-corrected chi connectivity index (χ3v) is 4.62. The number of aliphatic imine (C=N–C) groups is 1. The second-order valence-corrected chi connectivity index (χ2v) is 6.57. The quantitative estimate of drug-likeness (QED) is 0.441. The van der Waals surface area contributed by atoms with Crippen LogP contribution >= 0.6 is 24.0 Å². The second-order valence-electron chi connectivity index (χ2n) is 6.57. The molecule has 0 radical (unpaired) electrons. The van der Waals surface area contributed by atoms with Gasteiger partial charge in [-0.3, -0.25) is 0 Å². The largest absolute Gasteiger partial charge is 0.370 e. The maximum atomic E-state index is 6.19. The van der Waals surface area contributed by atoms with Gasteiger partial charge in [0.1, 0.15) is 0 Å². The highest BCUT2D eigenvalue weighted by atomic mass is 127. The molecule has 24 heavy (non-hydrogen) atoms. The second kappa shape index (κ2) is 9.39. The van der Waals surface area contributed by atoms with Crippen molar-refractivity contribution in [2.24, 2.45) is 10.7 Å². The average molecular weight is 444 g/mol. The van der Waals surface area contributed by atoms with Crippen LogP contribution in [0.3, 0.4) is 0 Å². The van der Waals surface area contributed by atoms with Gasteiger partial charge in [-0.2, -0.15) is 0 Å². The topological polar surface area (TPSA) is 70.6 Å². The molecule has 0 saturated carbocycles. The fraction of sp³-hybridized carbons (Fsp3) is 0.706. The number of aryl methyl sites for hydroxylation is 1. The van der Waals surface area contributed by atoms with E-state index in [0.717, 1.165) is 43.5 Å². The molecule has 7 heteroatoms. The number of anilines is 1. The van der Waals surface area contributed by atoms with Gasteiger partial charge >= 0.3 is 0 Å². The number of rotatable bonds is 3. The van der Waals surface area contributed by atoms with Gasteiger partial charge in [-0.1, -0.05) is 12.8 Å². The van der Waals surface area contributed by atoms with Crippen LogP contribution in [0.25, 0.3) is 0 Å². The maximum Gasteiger partial charge on any atom is 0.225 e. The Labute approximate surface area is 162 Å². The molecule has 2 fully saturated rings. The Morgan fingerprint density at radius 3 is 2.33 bits per heavy atom. The van der Waals surface area contributed by atoms with Crippen molar-refractivity contribution in [3.8, 4) is 0 Å². The SMILES string of the molecule is Cc1cc(CN=C(N)N2CCCCCC2)nc(N2CCCC2)n1.I. The van der Waals surface area contributed by atoms with Crippen LogP contribution in [-0.4, -0.2) is 47.0 Å². The van der Waals surface area contributed by atoms with Crippen LogP contribution in [0.4, 0.5) is 5.95 Å². The molecule has 2 aliphatic rings. The maximum absolute atomic E-state index is 6.19. The smallest absolute Gasteiger partial charge is 0.225 e. The van der Waals surface area contributed by atoms with Gasteiger partial charge in [0.25, 0.3) is 0 Å². The van der Waals surface area contributed by atoms with E-state index in [1.54, 1.807) is 0 Å². The van der Waals surface area contributed by atoms with Crippen LogP contribution in [0.5, 0.6) is 0 Å². The van der Waals surface area contributed by atoms with Gasteiger partial charge < -0.3 is 15.5 Å². The molecule has 2 aliphatic heterocycles. The number of likely N-dealkylation sites (tertiary alicyclic amines) is 1. The summed E-state index contributed by atoms with van der Waals surface area (Å²) >= 11 is 0. The van der Waals surface area contributed by atoms with Gasteiger partial charge in [0, 0.05) is 31.9 Å². The normalized spacial score (nSPS) is 19.1. The summed E-state index contributed by atoms with van der Waals surface area (Å²) in [7, 11) is 0. The molecule has 3 rings (SSSR count). The molecule has 2 N–H and O–H groups in total. The zero-order valence-electron chi connectivity index (χ0n) is 14.6. The van der Waals surface area contributed by atoms with E-state index in [1.807, 2.05) is 13.0 Å². The Kier molecular flexibility index (Phi) is 7.51. The molecular formula is C17H29IN6. The first-order valence-electron chi connectivity index (χ1n) is 8.87. The van der Waals surface area contributed by atoms with Gasteiger partial charge in [-0.05, 0) is 38.7 Å². The molecule has 1 aromatic rings. The van der Waals surface area contributed by atoms with Crippen LogP contribution in [-0.2, 0) is 6.54 Å². The third kappa shape index (κ3) is 5.19. The lowest BCUT2D eigenvalue weighted by Gasteiger charge is -2.21. The highest BCUT2D eigenvalue weighted by Gasteiger charge is 2.16. The molecule has 0 spiro atoms. The number of hydrogen-bond donors (Lipinski definition) is 1. The predicted octanol–water partition coefficient (Wildman–Crippen LogP) is 2.69. The summed E-state index contributed by atoms with van der Waals surface area (Å²) in [6.45, 7) is 6.72. The summed E-state index contributed by atoms with van der Waals surface area (Å²) in [5, 5.41) is 0. The molecule has 6 nitrogen and oxygen atoms in total. The Balaban J connectivity index is 0.00000208. The van der Waals surface area contributed by atoms with Gasteiger partial charge in [0.15, 0.2) is 5.96 Å². The number of aromatic nitrogens is 2. The molecule has 0 bridgehead atoms. The first-order valence-corrected chi connectivity index (χ1v) is 8.87. The molecule has 0 aliphatic carbocycles. The Hall–Kier alpha value is -1.12. The zero-order chi connectivity index (χ0) is 16.1. The monoisotopic (exact) mass is 444 g/mol. The molecule has 2 saturated heterocycles. The molecule has 3 heterocycles.